The van der Waals surface area contributed by atoms with Crippen molar-refractivity contribution in [3.05, 3.63) is 94.7 Å². The van der Waals surface area contributed by atoms with Crippen molar-refractivity contribution < 1.29 is 14.2 Å². The fourth-order valence-corrected chi connectivity index (χ4v) is 5.41. The topological polar surface area (TPSA) is 77.5 Å². The average Bonchev–Trinajstić information content (AvgIpc) is 3.08. The van der Waals surface area contributed by atoms with E-state index in [1.165, 1.54) is 43.2 Å². The number of unbranched alkanes of at least 4 members (excludes halogenated alkanes) is 1. The number of allylic oxidation sites excluding steroid dienone is 2. The molecule has 0 bridgehead atoms. The lowest BCUT2D eigenvalue weighted by molar-refractivity contribution is 0.114. The second kappa shape index (κ2) is 24.9. The molecule has 0 aliphatic rings. The van der Waals surface area contributed by atoms with Gasteiger partial charge in [0, 0.05) is 12.5 Å². The molecule has 2 aromatic rings. The number of thiol groups is 1. The number of hydrogen-bond donors (Lipinski definition) is 2. The number of nitrogens with zero attached hydrogens (tertiary/aromatic N) is 1. The van der Waals surface area contributed by atoms with Crippen molar-refractivity contribution in [3.63, 3.8) is 0 Å². The molecule has 5 nitrogen and oxygen atoms in total. The highest BCUT2D eigenvalue weighted by Gasteiger charge is 2.26. The van der Waals surface area contributed by atoms with Gasteiger partial charge in [-0.1, -0.05) is 111 Å². The van der Waals surface area contributed by atoms with Crippen molar-refractivity contribution in [2.24, 2.45) is 11.7 Å². The highest BCUT2D eigenvalue weighted by atomic mass is 32.1. The molecule has 0 heterocycles. The molecule has 268 valence electrons. The minimum atomic E-state index is -0.262. The van der Waals surface area contributed by atoms with Gasteiger partial charge in [-0.2, -0.15) is 5.26 Å². The molecule has 0 aromatic heterocycles. The standard InChI is InChI=1S/C29H37NO2.C10H22OS.C3H7N/c1-8-16-31-28-22(10-3)17-26(18-24(28)19-30)29(6,7)25-12-14-27(15-13-25)32-20-23(11-4)21(5)9-2;1-4-6-8-9(7-5-2)10(12)11-3;1-3(2)4/h11-15,17-18H,4,8-10,16,20H2,1-3,5-7H3;9-10,12H,4-8H2,1-3H3;1,4H2,2H3/b23-21+;;. The Morgan fingerprint density at radius 3 is 2.06 bits per heavy atom. The summed E-state index contributed by atoms with van der Waals surface area (Å²) in [5.41, 5.74) is 11.9. The number of rotatable bonds is 18. The Hall–Kier alpha value is -3.14. The number of nitrogens with two attached hydrogens (primary N) is 1. The van der Waals surface area contributed by atoms with Crippen LogP contribution in [0.4, 0.5) is 0 Å². The van der Waals surface area contributed by atoms with Crippen LogP contribution < -0.4 is 15.2 Å². The van der Waals surface area contributed by atoms with Crippen LogP contribution in [0, 0.1) is 17.2 Å². The highest BCUT2D eigenvalue weighted by molar-refractivity contribution is 7.80. The van der Waals surface area contributed by atoms with Crippen LogP contribution in [0.1, 0.15) is 130 Å². The normalized spacial score (nSPS) is 12.5. The minimum absolute atomic E-state index is 0.136. The predicted molar refractivity (Wildman–Crippen MR) is 210 cm³/mol. The average molecular weight is 679 g/mol. The molecule has 2 unspecified atom stereocenters. The highest BCUT2D eigenvalue weighted by Crippen LogP contribution is 2.37. The van der Waals surface area contributed by atoms with Gasteiger partial charge in [-0.3, -0.25) is 0 Å². The second-order valence-corrected chi connectivity index (χ2v) is 13.3. The molecule has 0 amide bonds. The Morgan fingerprint density at radius 2 is 1.60 bits per heavy atom. The summed E-state index contributed by atoms with van der Waals surface area (Å²) >= 11 is 4.41. The van der Waals surface area contributed by atoms with Crippen LogP contribution in [-0.2, 0) is 16.6 Å². The molecule has 0 aliphatic carbocycles. The van der Waals surface area contributed by atoms with Gasteiger partial charge < -0.3 is 19.9 Å². The molecule has 2 N–H and O–H groups in total. The number of aryl methyl sites for hydroxylation is 1. The summed E-state index contributed by atoms with van der Waals surface area (Å²) in [6, 6.07) is 14.8. The maximum Gasteiger partial charge on any atom is 0.140 e. The summed E-state index contributed by atoms with van der Waals surface area (Å²) in [5.74, 6) is 2.21. The third kappa shape index (κ3) is 15.8. The van der Waals surface area contributed by atoms with E-state index in [0.29, 0.717) is 30.4 Å². The lowest BCUT2D eigenvalue weighted by atomic mass is 9.77. The fraction of sp³-hybridized carbons (Fsp3) is 0.548. The number of ether oxygens (including phenoxy) is 3. The molecule has 2 rings (SSSR count). The molecule has 0 radical (unpaired) electrons. The number of benzene rings is 2. The molecular formula is C42H66N2O3S. The van der Waals surface area contributed by atoms with Crippen LogP contribution in [0.25, 0.3) is 0 Å². The van der Waals surface area contributed by atoms with Crippen LogP contribution in [0.2, 0.25) is 0 Å². The van der Waals surface area contributed by atoms with Gasteiger partial charge in [-0.15, -0.1) is 12.6 Å². The zero-order valence-corrected chi connectivity index (χ0v) is 32.8. The lowest BCUT2D eigenvalue weighted by Crippen LogP contribution is -2.20. The Balaban J connectivity index is 0.00000115. The second-order valence-electron chi connectivity index (χ2n) is 12.8. The first-order valence-corrected chi connectivity index (χ1v) is 18.2. The Kier molecular flexibility index (Phi) is 23.3. The summed E-state index contributed by atoms with van der Waals surface area (Å²) < 4.78 is 17.1. The summed E-state index contributed by atoms with van der Waals surface area (Å²) in [5, 5.41) is 9.76. The van der Waals surface area contributed by atoms with E-state index in [9.17, 15) is 5.26 Å². The molecule has 0 aliphatic heterocycles. The molecule has 0 spiro atoms. The van der Waals surface area contributed by atoms with Gasteiger partial charge in [0.05, 0.1) is 12.2 Å². The monoisotopic (exact) mass is 678 g/mol. The third-order valence-electron chi connectivity index (χ3n) is 8.37. The third-order valence-corrected chi connectivity index (χ3v) is 9.00. The summed E-state index contributed by atoms with van der Waals surface area (Å²) in [6.45, 7) is 27.4. The van der Waals surface area contributed by atoms with E-state index in [4.69, 9.17) is 19.9 Å². The van der Waals surface area contributed by atoms with Crippen molar-refractivity contribution in [1.82, 2.24) is 0 Å². The zero-order valence-electron chi connectivity index (χ0n) is 31.9. The van der Waals surface area contributed by atoms with Crippen LogP contribution in [0.15, 0.2) is 72.5 Å². The molecule has 0 fully saturated rings. The Morgan fingerprint density at radius 1 is 0.979 bits per heavy atom. The van der Waals surface area contributed by atoms with Crippen LogP contribution in [0.3, 0.4) is 0 Å². The molecule has 48 heavy (non-hydrogen) atoms. The molecule has 2 atom stereocenters. The Labute approximate surface area is 300 Å². The minimum Gasteiger partial charge on any atom is -0.492 e. The van der Waals surface area contributed by atoms with Crippen molar-refractivity contribution >= 4 is 12.6 Å². The summed E-state index contributed by atoms with van der Waals surface area (Å²) in [4.78, 5) is 0. The van der Waals surface area contributed by atoms with Crippen molar-refractivity contribution in [2.75, 3.05) is 20.3 Å². The van der Waals surface area contributed by atoms with Crippen LogP contribution in [0.5, 0.6) is 11.5 Å². The van der Waals surface area contributed by atoms with Gasteiger partial charge >= 0.3 is 0 Å². The first-order chi connectivity index (χ1) is 22.8. The van der Waals surface area contributed by atoms with E-state index in [1.54, 1.807) is 14.0 Å². The van der Waals surface area contributed by atoms with Gasteiger partial charge in [-0.05, 0) is 98.0 Å². The summed E-state index contributed by atoms with van der Waals surface area (Å²) in [7, 11) is 1.74. The number of methoxy groups -OCH3 is 1. The van der Waals surface area contributed by atoms with Gasteiger partial charge in [0.2, 0.25) is 0 Å². The first kappa shape index (κ1) is 44.9. The number of hydrogen-bond acceptors (Lipinski definition) is 6. The number of nitriles is 1. The molecular weight excluding hydrogens is 613 g/mol. The van der Waals surface area contributed by atoms with Crippen molar-refractivity contribution in [2.45, 2.75) is 125 Å². The van der Waals surface area contributed by atoms with Gasteiger partial charge in [0.25, 0.3) is 0 Å². The van der Waals surface area contributed by atoms with E-state index in [-0.39, 0.29) is 10.9 Å². The van der Waals surface area contributed by atoms with Gasteiger partial charge in [0.15, 0.2) is 0 Å². The molecule has 0 saturated carbocycles. The smallest absolute Gasteiger partial charge is 0.140 e. The maximum atomic E-state index is 9.76. The largest absolute Gasteiger partial charge is 0.492 e. The van der Waals surface area contributed by atoms with E-state index in [2.05, 4.69) is 105 Å². The van der Waals surface area contributed by atoms with Crippen molar-refractivity contribution in [1.29, 1.82) is 5.26 Å². The van der Waals surface area contributed by atoms with E-state index >= 15 is 0 Å². The SMILES string of the molecule is C=C(C)N.C=C/C(COc1ccc(C(C)(C)c2cc(C#N)c(OCCC)c(CC)c2)cc1)=C(/C)CC.CCCCC(CCC)C(S)OC. The lowest BCUT2D eigenvalue weighted by Gasteiger charge is -2.28. The summed E-state index contributed by atoms with van der Waals surface area (Å²) in [6.07, 6.45) is 10.9. The van der Waals surface area contributed by atoms with E-state index < -0.39 is 0 Å². The Bertz CT molecular complexity index is 1290. The van der Waals surface area contributed by atoms with E-state index in [0.717, 1.165) is 47.5 Å². The van der Waals surface area contributed by atoms with E-state index in [1.807, 2.05) is 24.3 Å². The van der Waals surface area contributed by atoms with Crippen LogP contribution >= 0.6 is 12.6 Å². The molecule has 2 aromatic carbocycles. The van der Waals surface area contributed by atoms with Gasteiger partial charge in [0.1, 0.15) is 29.6 Å². The quantitative estimate of drug-likeness (QED) is 0.0932. The first-order valence-electron chi connectivity index (χ1n) is 17.7. The fourth-order valence-electron chi connectivity index (χ4n) is 5.11. The van der Waals surface area contributed by atoms with Crippen molar-refractivity contribution in [3.8, 4) is 17.6 Å². The predicted octanol–water partition coefficient (Wildman–Crippen LogP) is 11.5. The maximum absolute atomic E-state index is 9.76. The van der Waals surface area contributed by atoms with Crippen LogP contribution in [-0.4, -0.2) is 25.8 Å². The van der Waals surface area contributed by atoms with Gasteiger partial charge in [-0.25, -0.2) is 0 Å². The zero-order chi connectivity index (χ0) is 36.7. The molecule has 6 heteroatoms. The molecule has 0 saturated heterocycles.